The van der Waals surface area contributed by atoms with Gasteiger partial charge in [-0.25, -0.2) is 0 Å². The predicted octanol–water partition coefficient (Wildman–Crippen LogP) is 3.61. The lowest BCUT2D eigenvalue weighted by molar-refractivity contribution is 0.407. The van der Waals surface area contributed by atoms with Gasteiger partial charge < -0.3 is 15.4 Å². The van der Waals surface area contributed by atoms with Crippen LogP contribution in [0.15, 0.2) is 36.4 Å². The lowest BCUT2D eigenvalue weighted by Crippen LogP contribution is -2.14. The van der Waals surface area contributed by atoms with E-state index in [-0.39, 0.29) is 0 Å². The van der Waals surface area contributed by atoms with Gasteiger partial charge in [0.05, 0.1) is 7.11 Å². The molecule has 1 aliphatic heterocycles. The van der Waals surface area contributed by atoms with Crippen LogP contribution >= 0.6 is 11.6 Å². The summed E-state index contributed by atoms with van der Waals surface area (Å²) in [6.45, 7) is 2.53. The van der Waals surface area contributed by atoms with Crippen LogP contribution in [0.4, 0.5) is 5.69 Å². The number of nitrogens with one attached hydrogen (secondary N) is 2. The summed E-state index contributed by atoms with van der Waals surface area (Å²) in [6, 6.07) is 12.2. The molecular formula is C17H19ClN2O. The van der Waals surface area contributed by atoms with Crippen LogP contribution in [0.25, 0.3) is 0 Å². The summed E-state index contributed by atoms with van der Waals surface area (Å²) < 4.78 is 5.37. The molecule has 0 spiro atoms. The monoisotopic (exact) mass is 302 g/mol. The van der Waals surface area contributed by atoms with Gasteiger partial charge in [-0.1, -0.05) is 35.9 Å². The van der Waals surface area contributed by atoms with E-state index in [9.17, 15) is 0 Å². The number of fused-ring (bicyclic) bond motifs is 1. The van der Waals surface area contributed by atoms with Crippen molar-refractivity contribution < 1.29 is 4.74 Å². The third-order valence-electron chi connectivity index (χ3n) is 3.85. The Bertz CT molecular complexity index is 643. The number of benzene rings is 2. The lowest BCUT2D eigenvalue weighted by Gasteiger charge is -2.13. The number of hydrogen-bond donors (Lipinski definition) is 2. The van der Waals surface area contributed by atoms with Crippen molar-refractivity contribution in [2.75, 3.05) is 19.0 Å². The third-order valence-corrected chi connectivity index (χ3v) is 4.20. The van der Waals surface area contributed by atoms with Gasteiger partial charge in [0.25, 0.3) is 0 Å². The van der Waals surface area contributed by atoms with Crippen LogP contribution in [0.1, 0.15) is 16.7 Å². The summed E-state index contributed by atoms with van der Waals surface area (Å²) in [6.07, 6.45) is 1.11. The van der Waals surface area contributed by atoms with Crippen LogP contribution in [0.5, 0.6) is 5.75 Å². The molecule has 0 atom stereocenters. The number of hydrogen-bond acceptors (Lipinski definition) is 3. The maximum Gasteiger partial charge on any atom is 0.124 e. The first-order valence-electron chi connectivity index (χ1n) is 7.16. The molecule has 110 valence electrons. The van der Waals surface area contributed by atoms with E-state index in [2.05, 4.69) is 28.8 Å². The fraction of sp³-hybridized carbons (Fsp3) is 0.294. The van der Waals surface area contributed by atoms with E-state index in [1.54, 1.807) is 7.11 Å². The fourth-order valence-electron chi connectivity index (χ4n) is 2.78. The molecular weight excluding hydrogens is 284 g/mol. The summed E-state index contributed by atoms with van der Waals surface area (Å²) in [4.78, 5) is 0. The molecule has 0 fully saturated rings. The minimum atomic E-state index is 0.687. The second-order valence-electron chi connectivity index (χ2n) is 5.15. The number of ether oxygens (including phenoxy) is 1. The van der Waals surface area contributed by atoms with Crippen molar-refractivity contribution in [1.29, 1.82) is 0 Å². The molecule has 0 aromatic heterocycles. The molecule has 0 saturated heterocycles. The predicted molar refractivity (Wildman–Crippen MR) is 87.2 cm³/mol. The van der Waals surface area contributed by atoms with Crippen molar-refractivity contribution in [3.8, 4) is 5.75 Å². The first kappa shape index (κ1) is 14.2. The summed E-state index contributed by atoms with van der Waals surface area (Å²) in [5.74, 6) is 0.825. The molecule has 0 amide bonds. The highest BCUT2D eigenvalue weighted by Crippen LogP contribution is 2.28. The minimum Gasteiger partial charge on any atom is -0.496 e. The number of rotatable bonds is 5. The Hall–Kier alpha value is -1.71. The lowest BCUT2D eigenvalue weighted by atomic mass is 10.1. The summed E-state index contributed by atoms with van der Waals surface area (Å²) >= 11 is 6.25. The van der Waals surface area contributed by atoms with Crippen LogP contribution in [0.2, 0.25) is 5.02 Å². The van der Waals surface area contributed by atoms with Gasteiger partial charge >= 0.3 is 0 Å². The second kappa shape index (κ2) is 6.37. The Labute approximate surface area is 130 Å². The Morgan fingerprint density at radius 3 is 2.90 bits per heavy atom. The van der Waals surface area contributed by atoms with Gasteiger partial charge in [0.1, 0.15) is 5.75 Å². The third kappa shape index (κ3) is 2.99. The van der Waals surface area contributed by atoms with E-state index in [4.69, 9.17) is 16.3 Å². The van der Waals surface area contributed by atoms with E-state index in [1.807, 2.05) is 18.2 Å². The van der Waals surface area contributed by atoms with Gasteiger partial charge in [0.2, 0.25) is 0 Å². The van der Waals surface area contributed by atoms with Gasteiger partial charge in [0, 0.05) is 35.9 Å². The molecule has 1 aliphatic rings. The van der Waals surface area contributed by atoms with Crippen molar-refractivity contribution in [2.24, 2.45) is 0 Å². The van der Waals surface area contributed by atoms with Gasteiger partial charge in [-0.15, -0.1) is 0 Å². The summed E-state index contributed by atoms with van der Waals surface area (Å²) in [5, 5.41) is 7.65. The zero-order valence-electron chi connectivity index (χ0n) is 12.1. The number of halogens is 1. The Balaban J connectivity index is 1.69. The normalized spacial score (nSPS) is 12.9. The van der Waals surface area contributed by atoms with Gasteiger partial charge in [-0.3, -0.25) is 0 Å². The zero-order valence-corrected chi connectivity index (χ0v) is 12.8. The van der Waals surface area contributed by atoms with E-state index < -0.39 is 0 Å². The molecule has 21 heavy (non-hydrogen) atoms. The van der Waals surface area contributed by atoms with Crippen LogP contribution in [-0.4, -0.2) is 13.7 Å². The van der Waals surface area contributed by atoms with Crippen LogP contribution < -0.4 is 15.4 Å². The quantitative estimate of drug-likeness (QED) is 0.885. The fourth-order valence-corrected chi connectivity index (χ4v) is 3.01. The van der Waals surface area contributed by atoms with Crippen LogP contribution in [0, 0.1) is 0 Å². The van der Waals surface area contributed by atoms with Gasteiger partial charge in [-0.05, 0) is 29.7 Å². The van der Waals surface area contributed by atoms with Crippen molar-refractivity contribution in [1.82, 2.24) is 5.32 Å². The minimum absolute atomic E-state index is 0.687. The molecule has 3 rings (SSSR count). The van der Waals surface area contributed by atoms with E-state index in [0.29, 0.717) is 6.54 Å². The molecule has 2 N–H and O–H groups in total. The van der Waals surface area contributed by atoms with Crippen molar-refractivity contribution in [3.05, 3.63) is 58.1 Å². The highest BCUT2D eigenvalue weighted by Gasteiger charge is 2.13. The van der Waals surface area contributed by atoms with Gasteiger partial charge in [-0.2, -0.15) is 0 Å². The van der Waals surface area contributed by atoms with E-state index >= 15 is 0 Å². The molecule has 0 aliphatic carbocycles. The Kier molecular flexibility index (Phi) is 4.32. The average Bonchev–Trinajstić information content (AvgIpc) is 2.98. The molecule has 2 aromatic rings. The van der Waals surface area contributed by atoms with Gasteiger partial charge in [0.15, 0.2) is 0 Å². The Morgan fingerprint density at radius 2 is 2.05 bits per heavy atom. The molecule has 0 radical (unpaired) electrons. The standard InChI is InChI=1S/C17H19ClN2O/c1-21-16-7-3-6-15(18)14(16)11-19-10-13-5-2-4-12-8-9-20-17(12)13/h2-7,19-20H,8-11H2,1H3. The van der Waals surface area contributed by atoms with E-state index in [0.717, 1.165) is 35.8 Å². The molecule has 0 saturated carbocycles. The van der Waals surface area contributed by atoms with Crippen molar-refractivity contribution in [2.45, 2.75) is 19.5 Å². The zero-order chi connectivity index (χ0) is 14.7. The highest BCUT2D eigenvalue weighted by molar-refractivity contribution is 6.31. The molecule has 3 nitrogen and oxygen atoms in total. The number of anilines is 1. The Morgan fingerprint density at radius 1 is 1.19 bits per heavy atom. The number of methoxy groups -OCH3 is 1. The first-order valence-corrected chi connectivity index (χ1v) is 7.54. The maximum absolute atomic E-state index is 6.25. The molecule has 0 unspecified atom stereocenters. The average molecular weight is 303 g/mol. The number of para-hydroxylation sites is 1. The molecule has 4 heteroatoms. The molecule has 0 bridgehead atoms. The van der Waals surface area contributed by atoms with Crippen molar-refractivity contribution >= 4 is 17.3 Å². The maximum atomic E-state index is 6.25. The van der Waals surface area contributed by atoms with Crippen LogP contribution in [-0.2, 0) is 19.5 Å². The highest BCUT2D eigenvalue weighted by atomic mass is 35.5. The van der Waals surface area contributed by atoms with Crippen molar-refractivity contribution in [3.63, 3.8) is 0 Å². The SMILES string of the molecule is COc1cccc(Cl)c1CNCc1cccc2c1NCC2. The molecule has 2 aromatic carbocycles. The summed E-state index contributed by atoms with van der Waals surface area (Å²) in [5.41, 5.74) is 5.00. The largest absolute Gasteiger partial charge is 0.496 e. The second-order valence-corrected chi connectivity index (χ2v) is 5.56. The van der Waals surface area contributed by atoms with E-state index in [1.165, 1.54) is 16.8 Å². The topological polar surface area (TPSA) is 33.3 Å². The smallest absolute Gasteiger partial charge is 0.124 e. The first-order chi connectivity index (χ1) is 10.3. The molecule has 1 heterocycles. The van der Waals surface area contributed by atoms with Crippen LogP contribution in [0.3, 0.4) is 0 Å². The summed E-state index contributed by atoms with van der Waals surface area (Å²) in [7, 11) is 1.67.